The van der Waals surface area contributed by atoms with Gasteiger partial charge in [-0.2, -0.15) is 0 Å². The first-order chi connectivity index (χ1) is 12.0. The van der Waals surface area contributed by atoms with Gasteiger partial charge in [-0.25, -0.2) is 0 Å². The first-order valence-electron chi connectivity index (χ1n) is 9.01. The third-order valence-electron chi connectivity index (χ3n) is 4.87. The van der Waals surface area contributed by atoms with E-state index in [4.69, 9.17) is 32.3 Å². The van der Waals surface area contributed by atoms with Crippen LogP contribution in [0.5, 0.6) is 0 Å². The molecular weight excluding hydrogens is 358 g/mol. The summed E-state index contributed by atoms with van der Waals surface area (Å²) < 4.78 is 33.0. The van der Waals surface area contributed by atoms with Crippen LogP contribution < -0.4 is 5.73 Å². The molecular formula is C16H39NO6Si2. The molecule has 0 unspecified atom stereocenters. The summed E-state index contributed by atoms with van der Waals surface area (Å²) in [6.45, 7) is 0.732. The van der Waals surface area contributed by atoms with Gasteiger partial charge in [0.25, 0.3) is 0 Å². The van der Waals surface area contributed by atoms with Crippen LogP contribution in [-0.4, -0.2) is 66.8 Å². The largest absolute Gasteiger partial charge is 0.500 e. The van der Waals surface area contributed by atoms with E-state index in [1.54, 1.807) is 42.7 Å². The first-order valence-corrected chi connectivity index (χ1v) is 12.9. The molecule has 0 saturated heterocycles. The Hall–Kier alpha value is 0.154. The molecule has 0 aliphatic rings. The van der Waals surface area contributed by atoms with Gasteiger partial charge in [0.15, 0.2) is 0 Å². The molecule has 0 aromatic carbocycles. The summed E-state index contributed by atoms with van der Waals surface area (Å²) in [5, 5.41) is 0. The average molecular weight is 398 g/mol. The lowest BCUT2D eigenvalue weighted by Crippen LogP contribution is -2.42. The van der Waals surface area contributed by atoms with E-state index in [2.05, 4.69) is 0 Å². The maximum atomic E-state index is 5.70. The van der Waals surface area contributed by atoms with Crippen LogP contribution in [0.25, 0.3) is 0 Å². The highest BCUT2D eigenvalue weighted by atomic mass is 28.4. The molecule has 25 heavy (non-hydrogen) atoms. The van der Waals surface area contributed by atoms with Crippen molar-refractivity contribution in [3.8, 4) is 0 Å². The van der Waals surface area contributed by atoms with Crippen molar-refractivity contribution in [2.45, 2.75) is 50.6 Å². The minimum atomic E-state index is -2.47. The zero-order chi connectivity index (χ0) is 19.2. The van der Waals surface area contributed by atoms with Gasteiger partial charge in [-0.05, 0) is 38.1 Å². The summed E-state index contributed by atoms with van der Waals surface area (Å²) in [7, 11) is 5.03. The molecule has 0 aromatic rings. The maximum absolute atomic E-state index is 5.70. The fourth-order valence-electron chi connectivity index (χ4n) is 3.17. The Morgan fingerprint density at radius 2 is 0.920 bits per heavy atom. The van der Waals surface area contributed by atoms with Crippen LogP contribution >= 0.6 is 0 Å². The molecule has 0 fully saturated rings. The van der Waals surface area contributed by atoms with Gasteiger partial charge in [0.2, 0.25) is 0 Å². The molecule has 0 aromatic heterocycles. The highest BCUT2D eigenvalue weighted by molar-refractivity contribution is 6.60. The van der Waals surface area contributed by atoms with Gasteiger partial charge in [-0.15, -0.1) is 0 Å². The van der Waals surface area contributed by atoms with E-state index in [-0.39, 0.29) is 0 Å². The van der Waals surface area contributed by atoms with E-state index >= 15 is 0 Å². The van der Waals surface area contributed by atoms with Crippen molar-refractivity contribution in [2.75, 3.05) is 49.2 Å². The summed E-state index contributed by atoms with van der Waals surface area (Å²) in [5.74, 6) is 0.623. The maximum Gasteiger partial charge on any atom is 0.500 e. The highest BCUT2D eigenvalue weighted by Gasteiger charge is 2.38. The number of nitrogens with two attached hydrogens (primary N) is 1. The predicted octanol–water partition coefficient (Wildman–Crippen LogP) is 2.66. The molecule has 0 aliphatic carbocycles. The van der Waals surface area contributed by atoms with E-state index in [9.17, 15) is 0 Å². The highest BCUT2D eigenvalue weighted by Crippen LogP contribution is 2.26. The predicted molar refractivity (Wildman–Crippen MR) is 103 cm³/mol. The van der Waals surface area contributed by atoms with Crippen LogP contribution in [-0.2, 0) is 26.6 Å². The Labute approximate surface area is 156 Å². The topological polar surface area (TPSA) is 81.4 Å². The van der Waals surface area contributed by atoms with Crippen LogP contribution in [0, 0.1) is 5.92 Å². The zero-order valence-corrected chi connectivity index (χ0v) is 19.0. The summed E-state index contributed by atoms with van der Waals surface area (Å²) in [4.78, 5) is 0. The molecule has 0 heterocycles. The van der Waals surface area contributed by atoms with Crippen LogP contribution in [0.15, 0.2) is 0 Å². The zero-order valence-electron chi connectivity index (χ0n) is 17.0. The molecule has 0 aliphatic heterocycles. The number of hydrogen-bond donors (Lipinski definition) is 1. The van der Waals surface area contributed by atoms with E-state index in [1.165, 1.54) is 0 Å². The summed E-state index contributed by atoms with van der Waals surface area (Å²) in [6, 6.07) is 1.67. The molecule has 0 atom stereocenters. The second-order valence-corrected chi connectivity index (χ2v) is 12.4. The van der Waals surface area contributed by atoms with Gasteiger partial charge < -0.3 is 32.3 Å². The molecule has 7 nitrogen and oxygen atoms in total. The van der Waals surface area contributed by atoms with Crippen LogP contribution in [0.4, 0.5) is 0 Å². The molecule has 0 saturated carbocycles. The SMILES string of the molecule is CO[Si](CCCC(CCCN)CCC[Si](OC)(OC)OC)(OC)OC. The average Bonchev–Trinajstić information content (AvgIpc) is 2.67. The Bertz CT molecular complexity index is 274. The lowest BCUT2D eigenvalue weighted by molar-refractivity contribution is 0.121. The second-order valence-electron chi connectivity index (χ2n) is 6.17. The molecule has 2 N–H and O–H groups in total. The van der Waals surface area contributed by atoms with Crippen molar-refractivity contribution in [3.63, 3.8) is 0 Å². The van der Waals surface area contributed by atoms with Crippen molar-refractivity contribution in [1.29, 1.82) is 0 Å². The number of rotatable bonds is 17. The molecule has 0 amide bonds. The molecule has 0 spiro atoms. The van der Waals surface area contributed by atoms with Crippen LogP contribution in [0.3, 0.4) is 0 Å². The van der Waals surface area contributed by atoms with Crippen molar-refractivity contribution < 1.29 is 26.6 Å². The van der Waals surface area contributed by atoms with E-state index in [1.807, 2.05) is 0 Å². The third kappa shape index (κ3) is 9.07. The minimum Gasteiger partial charge on any atom is -0.377 e. The summed E-state index contributed by atoms with van der Waals surface area (Å²) in [6.07, 6.45) is 6.47. The van der Waals surface area contributed by atoms with E-state index in [0.717, 1.165) is 57.2 Å². The molecule has 0 radical (unpaired) electrons. The molecule has 152 valence electrons. The first kappa shape index (κ1) is 25.2. The Morgan fingerprint density at radius 1 is 0.600 bits per heavy atom. The van der Waals surface area contributed by atoms with Crippen molar-refractivity contribution in [2.24, 2.45) is 11.7 Å². The Morgan fingerprint density at radius 3 is 1.20 bits per heavy atom. The van der Waals surface area contributed by atoms with Gasteiger partial charge >= 0.3 is 17.6 Å². The van der Waals surface area contributed by atoms with Gasteiger partial charge in [0.1, 0.15) is 0 Å². The Kier molecular flexibility index (Phi) is 14.3. The van der Waals surface area contributed by atoms with E-state index < -0.39 is 17.6 Å². The van der Waals surface area contributed by atoms with Gasteiger partial charge in [-0.3, -0.25) is 0 Å². The number of hydrogen-bond acceptors (Lipinski definition) is 7. The fraction of sp³-hybridized carbons (Fsp3) is 1.00. The van der Waals surface area contributed by atoms with Crippen molar-refractivity contribution >= 4 is 17.6 Å². The van der Waals surface area contributed by atoms with Crippen molar-refractivity contribution in [1.82, 2.24) is 0 Å². The molecule has 9 heteroatoms. The Balaban J connectivity index is 4.45. The van der Waals surface area contributed by atoms with Gasteiger partial charge in [0.05, 0.1) is 0 Å². The summed E-state index contributed by atoms with van der Waals surface area (Å²) in [5.41, 5.74) is 5.70. The quantitative estimate of drug-likeness (QED) is 0.378. The standard InChI is InChI=1S/C16H39NO6Si2/c1-18-24(19-2,20-3)14-8-11-16(10-7-13-17)12-9-15-25(21-4,22-5)23-6/h16H,7-15,17H2,1-6H3. The molecule has 0 rings (SSSR count). The van der Waals surface area contributed by atoms with E-state index in [0.29, 0.717) is 5.92 Å². The normalized spacial score (nSPS) is 13.0. The van der Waals surface area contributed by atoms with Gasteiger partial charge in [-0.1, -0.05) is 12.8 Å². The summed E-state index contributed by atoms with van der Waals surface area (Å²) >= 11 is 0. The van der Waals surface area contributed by atoms with Crippen LogP contribution in [0.1, 0.15) is 38.5 Å². The third-order valence-corrected chi connectivity index (χ3v) is 10.5. The van der Waals surface area contributed by atoms with Gasteiger partial charge in [0, 0.05) is 54.7 Å². The second kappa shape index (κ2) is 14.2. The smallest absolute Gasteiger partial charge is 0.377 e. The molecule has 0 bridgehead atoms. The minimum absolute atomic E-state index is 0.623. The monoisotopic (exact) mass is 397 g/mol. The van der Waals surface area contributed by atoms with Crippen molar-refractivity contribution in [3.05, 3.63) is 0 Å². The fourth-order valence-corrected chi connectivity index (χ4v) is 6.67. The lowest BCUT2D eigenvalue weighted by Gasteiger charge is -2.26. The van der Waals surface area contributed by atoms with Crippen LogP contribution in [0.2, 0.25) is 12.1 Å². The lowest BCUT2D eigenvalue weighted by atomic mass is 9.93.